The van der Waals surface area contributed by atoms with Crippen molar-refractivity contribution in [2.45, 2.75) is 50.6 Å². The Morgan fingerprint density at radius 2 is 1.57 bits per heavy atom. The van der Waals surface area contributed by atoms with Crippen molar-refractivity contribution in [1.29, 1.82) is 5.26 Å². The van der Waals surface area contributed by atoms with E-state index in [4.69, 9.17) is 11.6 Å². The fourth-order valence-electron chi connectivity index (χ4n) is 9.41. The summed E-state index contributed by atoms with van der Waals surface area (Å²) >= 11 is 6.40. The number of hydrogen-bond acceptors (Lipinski definition) is 11. The Labute approximate surface area is 350 Å². The number of nitrogens with one attached hydrogen (secondary N) is 3. The summed E-state index contributed by atoms with van der Waals surface area (Å²) in [5.74, 6) is -2.80. The van der Waals surface area contributed by atoms with Crippen LogP contribution in [0.2, 0.25) is 5.02 Å². The van der Waals surface area contributed by atoms with E-state index in [0.717, 1.165) is 105 Å². The van der Waals surface area contributed by atoms with E-state index in [-0.39, 0.29) is 41.6 Å². The molecule has 0 saturated carbocycles. The molecule has 0 aliphatic carbocycles. The van der Waals surface area contributed by atoms with E-state index in [1.807, 2.05) is 23.1 Å². The Morgan fingerprint density at radius 1 is 0.867 bits per heavy atom. The van der Waals surface area contributed by atoms with Gasteiger partial charge in [-0.25, -0.2) is 9.37 Å². The molecule has 7 heterocycles. The van der Waals surface area contributed by atoms with Gasteiger partial charge in [-0.2, -0.15) is 5.26 Å². The summed E-state index contributed by atoms with van der Waals surface area (Å²) in [5, 5.41) is 16.1. The zero-order valence-corrected chi connectivity index (χ0v) is 33.6. The van der Waals surface area contributed by atoms with E-state index in [2.05, 4.69) is 41.4 Å². The van der Waals surface area contributed by atoms with Crippen molar-refractivity contribution in [3.63, 3.8) is 0 Å². The van der Waals surface area contributed by atoms with Crippen LogP contribution in [-0.2, 0) is 9.59 Å². The number of rotatable bonds is 8. The van der Waals surface area contributed by atoms with Crippen LogP contribution in [0.15, 0.2) is 48.8 Å². The summed E-state index contributed by atoms with van der Waals surface area (Å²) in [6, 6.07) is 11.2. The van der Waals surface area contributed by atoms with Crippen LogP contribution in [0.3, 0.4) is 0 Å². The van der Waals surface area contributed by atoms with Gasteiger partial charge >= 0.3 is 0 Å². The molecule has 1 unspecified atom stereocenters. The topological polar surface area (TPSA) is 178 Å². The second kappa shape index (κ2) is 16.2. The SMILES string of the molecule is N#Cc1c[nH]c2c(N3CCC(NC(=O)c4ccc(N5CCC(CN6CCN(c7cc8c(cc7F)C(=O)N(C7CCC(=O)NC7=O)C8=O)CC6)CC5)cn4)CC3)ccc(Cl)c12. The molecule has 5 aliphatic rings. The molecule has 310 valence electrons. The number of carbonyl (C=O) groups excluding carboxylic acids is 5. The minimum absolute atomic E-state index is 0.0154. The second-order valence-electron chi connectivity index (χ2n) is 16.3. The quantitative estimate of drug-likeness (QED) is 0.218. The van der Waals surface area contributed by atoms with Gasteiger partial charge in [0.2, 0.25) is 11.8 Å². The van der Waals surface area contributed by atoms with Crippen molar-refractivity contribution in [2.24, 2.45) is 5.92 Å². The number of piperazine rings is 1. The first-order chi connectivity index (χ1) is 29.1. The van der Waals surface area contributed by atoms with Crippen LogP contribution in [0.1, 0.15) is 75.3 Å². The first-order valence-corrected chi connectivity index (χ1v) is 20.9. The lowest BCUT2D eigenvalue weighted by Crippen LogP contribution is -2.54. The maximum Gasteiger partial charge on any atom is 0.270 e. The van der Waals surface area contributed by atoms with E-state index in [0.29, 0.717) is 35.3 Å². The van der Waals surface area contributed by atoms with Crippen molar-refractivity contribution >= 4 is 69.1 Å². The summed E-state index contributed by atoms with van der Waals surface area (Å²) in [6.07, 6.45) is 7.08. The molecule has 4 saturated heterocycles. The number of H-pyrrole nitrogens is 1. The normalized spacial score (nSPS) is 20.8. The molecule has 17 heteroatoms. The number of nitrogens with zero attached hydrogens (tertiary/aromatic N) is 7. The average Bonchev–Trinajstić information content (AvgIpc) is 3.80. The highest BCUT2D eigenvalue weighted by Gasteiger charge is 2.45. The fourth-order valence-corrected chi connectivity index (χ4v) is 9.67. The molecule has 5 aliphatic heterocycles. The fraction of sp³-hybridized carbons (Fsp3) is 0.419. The summed E-state index contributed by atoms with van der Waals surface area (Å²) in [6.45, 7) is 6.74. The molecule has 3 N–H and O–H groups in total. The lowest BCUT2D eigenvalue weighted by molar-refractivity contribution is -0.136. The summed E-state index contributed by atoms with van der Waals surface area (Å²) in [7, 11) is 0. The van der Waals surface area contributed by atoms with Crippen LogP contribution in [0, 0.1) is 23.1 Å². The molecule has 1 atom stereocenters. The van der Waals surface area contributed by atoms with E-state index in [1.54, 1.807) is 18.5 Å². The van der Waals surface area contributed by atoms with Crippen molar-refractivity contribution in [1.82, 2.24) is 30.4 Å². The highest BCUT2D eigenvalue weighted by Crippen LogP contribution is 2.36. The van der Waals surface area contributed by atoms with E-state index < -0.39 is 35.5 Å². The third-order valence-electron chi connectivity index (χ3n) is 12.8. The van der Waals surface area contributed by atoms with Crippen LogP contribution >= 0.6 is 11.6 Å². The van der Waals surface area contributed by atoms with Crippen molar-refractivity contribution in [2.75, 3.05) is 73.6 Å². The number of imide groups is 2. The third kappa shape index (κ3) is 7.41. The number of nitriles is 1. The minimum Gasteiger partial charge on any atom is -0.370 e. The van der Waals surface area contributed by atoms with Crippen LogP contribution in [0.25, 0.3) is 10.9 Å². The zero-order valence-electron chi connectivity index (χ0n) is 32.9. The van der Waals surface area contributed by atoms with Crippen LogP contribution in [0.4, 0.5) is 21.5 Å². The van der Waals surface area contributed by atoms with Crippen LogP contribution < -0.4 is 25.3 Å². The van der Waals surface area contributed by atoms with Crippen LogP contribution in [0.5, 0.6) is 0 Å². The lowest BCUT2D eigenvalue weighted by atomic mass is 9.95. The predicted octanol–water partition coefficient (Wildman–Crippen LogP) is 4.07. The average molecular weight is 835 g/mol. The minimum atomic E-state index is -1.10. The number of pyridine rings is 1. The van der Waals surface area contributed by atoms with Gasteiger partial charge < -0.3 is 25.0 Å². The molecule has 0 radical (unpaired) electrons. The van der Waals surface area contributed by atoms with Crippen molar-refractivity contribution in [3.05, 3.63) is 82.0 Å². The van der Waals surface area contributed by atoms with Gasteiger partial charge in [0, 0.05) is 82.9 Å². The largest absolute Gasteiger partial charge is 0.370 e. The van der Waals surface area contributed by atoms with Crippen LogP contribution in [-0.4, -0.2) is 120 Å². The van der Waals surface area contributed by atoms with Gasteiger partial charge in [0.25, 0.3) is 17.7 Å². The zero-order chi connectivity index (χ0) is 41.7. The number of halogens is 2. The molecule has 5 amide bonds. The van der Waals surface area contributed by atoms with Gasteiger partial charge in [-0.05, 0) is 74.4 Å². The Bertz CT molecular complexity index is 2430. The van der Waals surface area contributed by atoms with Gasteiger partial charge in [-0.1, -0.05) is 11.6 Å². The molecule has 2 aromatic carbocycles. The molecule has 4 fully saturated rings. The first kappa shape index (κ1) is 39.4. The number of aromatic nitrogens is 2. The second-order valence-corrected chi connectivity index (χ2v) is 16.7. The van der Waals surface area contributed by atoms with Gasteiger partial charge in [-0.3, -0.25) is 39.1 Å². The number of aromatic amines is 1. The van der Waals surface area contributed by atoms with E-state index in [9.17, 15) is 29.2 Å². The van der Waals surface area contributed by atoms with Crippen molar-refractivity contribution < 1.29 is 28.4 Å². The maximum atomic E-state index is 15.4. The highest BCUT2D eigenvalue weighted by atomic mass is 35.5. The molecule has 15 nitrogen and oxygen atoms in total. The number of fused-ring (bicyclic) bond motifs is 2. The molecular weight excluding hydrogens is 791 g/mol. The standard InChI is InChI=1S/C43H44ClFN10O5/c44-31-2-4-34(39-38(31)26(21-46)22-48-39)53-13-9-27(10-14-53)49-40(57)33-3-1-28(23-47-33)52-11-7-25(8-12-52)24-51-15-17-54(18-16-51)36-20-30-29(19-32(36)45)42(59)55(43(30)60)35-5-6-37(56)50-41(35)58/h1-4,19-20,22-23,25,27,35,48H,5-18,24H2,(H,49,57)(H,50,56,58). The number of hydrogen-bond donors (Lipinski definition) is 3. The van der Waals surface area contributed by atoms with Gasteiger partial charge in [0.05, 0.1) is 50.5 Å². The Balaban J connectivity index is 0.721. The Kier molecular flexibility index (Phi) is 10.6. The number of carbonyl (C=O) groups is 5. The van der Waals surface area contributed by atoms with Gasteiger partial charge in [0.1, 0.15) is 23.6 Å². The van der Waals surface area contributed by atoms with E-state index in [1.165, 1.54) is 6.07 Å². The molecule has 9 rings (SSSR count). The molecular formula is C43H44ClFN10O5. The number of benzene rings is 2. The molecule has 2 aromatic heterocycles. The molecule has 60 heavy (non-hydrogen) atoms. The van der Waals surface area contributed by atoms with E-state index >= 15 is 4.39 Å². The third-order valence-corrected chi connectivity index (χ3v) is 13.1. The number of piperidine rings is 3. The summed E-state index contributed by atoms with van der Waals surface area (Å²) in [4.78, 5) is 81.1. The first-order valence-electron chi connectivity index (χ1n) is 20.5. The molecule has 0 bridgehead atoms. The summed E-state index contributed by atoms with van der Waals surface area (Å²) < 4.78 is 15.4. The predicted molar refractivity (Wildman–Crippen MR) is 222 cm³/mol. The number of amides is 5. The lowest BCUT2D eigenvalue weighted by Gasteiger charge is -2.40. The Morgan fingerprint density at radius 3 is 2.25 bits per heavy atom. The van der Waals surface area contributed by atoms with Gasteiger partial charge in [-0.15, -0.1) is 0 Å². The molecule has 0 spiro atoms. The maximum absolute atomic E-state index is 15.4. The van der Waals surface area contributed by atoms with Gasteiger partial charge in [0.15, 0.2) is 0 Å². The smallest absolute Gasteiger partial charge is 0.270 e. The van der Waals surface area contributed by atoms with Crippen molar-refractivity contribution in [3.8, 4) is 6.07 Å². The monoisotopic (exact) mass is 834 g/mol. The molecule has 4 aromatic rings. The Hall–Kier alpha value is -6.05. The highest BCUT2D eigenvalue weighted by molar-refractivity contribution is 6.36. The summed E-state index contributed by atoms with van der Waals surface area (Å²) in [5.41, 5.74) is 4.01. The number of anilines is 3.